The van der Waals surface area contributed by atoms with Gasteiger partial charge < -0.3 is 25.5 Å². The van der Waals surface area contributed by atoms with Crippen LogP contribution in [0, 0.1) is 23.7 Å². The number of nitrogens with one attached hydrogen (secondary N) is 1. The Hall–Kier alpha value is -2.03. The van der Waals surface area contributed by atoms with Gasteiger partial charge in [0.05, 0.1) is 17.7 Å². The number of nitrogens with zero attached hydrogens (tertiary/aromatic N) is 2. The molecule has 0 saturated heterocycles. The minimum absolute atomic E-state index is 0.0847. The van der Waals surface area contributed by atoms with Crippen LogP contribution < -0.4 is 5.32 Å². The predicted octanol–water partition coefficient (Wildman–Crippen LogP) is 5.18. The molecule has 248 valence electrons. The van der Waals surface area contributed by atoms with E-state index in [1.807, 2.05) is 32.0 Å². The second-order valence-corrected chi connectivity index (χ2v) is 14.8. The highest BCUT2D eigenvalue weighted by molar-refractivity contribution is 5.86. The van der Waals surface area contributed by atoms with E-state index in [1.165, 1.54) is 6.42 Å². The van der Waals surface area contributed by atoms with Crippen molar-refractivity contribution < 1.29 is 24.9 Å². The van der Waals surface area contributed by atoms with Gasteiger partial charge in [-0.25, -0.2) is 0 Å². The molecule has 0 spiro atoms. The third kappa shape index (κ3) is 11.4. The van der Waals surface area contributed by atoms with E-state index in [-0.39, 0.29) is 30.7 Å². The number of aliphatic hydroxyl groups excluding tert-OH is 2. The molecule has 2 amide bonds. The SMILES string of the molecule is CC(C)C[C@H](O)[C@H](O)[C@H](CC1CCCCC1)NC(=O)[C@@H](CC(=O)N(CCc1ccccn1)CC1(O)CCCCC1)CC1CC1. The van der Waals surface area contributed by atoms with E-state index < -0.39 is 29.8 Å². The average molecular weight is 614 g/mol. The first kappa shape index (κ1) is 34.8. The fourth-order valence-electron chi connectivity index (χ4n) is 7.45. The lowest BCUT2D eigenvalue weighted by molar-refractivity contribution is -0.140. The summed E-state index contributed by atoms with van der Waals surface area (Å²) in [6.45, 7) is 4.76. The first-order chi connectivity index (χ1) is 21.1. The molecule has 3 aliphatic carbocycles. The van der Waals surface area contributed by atoms with Crippen LogP contribution in [0.5, 0.6) is 0 Å². The Bertz CT molecular complexity index is 1000. The maximum Gasteiger partial charge on any atom is 0.223 e. The molecule has 8 nitrogen and oxygen atoms in total. The van der Waals surface area contributed by atoms with Crippen LogP contribution >= 0.6 is 0 Å². The van der Waals surface area contributed by atoms with Gasteiger partial charge in [-0.2, -0.15) is 0 Å². The van der Waals surface area contributed by atoms with Gasteiger partial charge in [-0.3, -0.25) is 14.6 Å². The number of hydrogen-bond acceptors (Lipinski definition) is 6. The van der Waals surface area contributed by atoms with E-state index in [9.17, 15) is 24.9 Å². The van der Waals surface area contributed by atoms with Crippen LogP contribution in [0.4, 0.5) is 0 Å². The molecule has 4 rings (SSSR count). The van der Waals surface area contributed by atoms with Gasteiger partial charge in [-0.1, -0.05) is 84.1 Å². The second kappa shape index (κ2) is 17.0. The Kier molecular flexibility index (Phi) is 13.5. The van der Waals surface area contributed by atoms with Crippen molar-refractivity contribution in [3.63, 3.8) is 0 Å². The molecule has 1 heterocycles. The summed E-state index contributed by atoms with van der Waals surface area (Å²) in [5.74, 6) is 0.277. The van der Waals surface area contributed by atoms with Gasteiger partial charge in [0.15, 0.2) is 0 Å². The largest absolute Gasteiger partial charge is 0.390 e. The molecule has 4 N–H and O–H groups in total. The highest BCUT2D eigenvalue weighted by Crippen LogP contribution is 2.37. The summed E-state index contributed by atoms with van der Waals surface area (Å²) in [7, 11) is 0. The molecule has 0 unspecified atom stereocenters. The van der Waals surface area contributed by atoms with Crippen molar-refractivity contribution in [2.24, 2.45) is 23.7 Å². The first-order valence-electron chi connectivity index (χ1n) is 17.7. The lowest BCUT2D eigenvalue weighted by atomic mass is 9.82. The Balaban J connectivity index is 1.47. The summed E-state index contributed by atoms with van der Waals surface area (Å²) >= 11 is 0. The van der Waals surface area contributed by atoms with E-state index in [4.69, 9.17) is 0 Å². The molecule has 44 heavy (non-hydrogen) atoms. The minimum Gasteiger partial charge on any atom is -0.390 e. The zero-order valence-electron chi connectivity index (χ0n) is 27.3. The number of rotatable bonds is 17. The number of carbonyl (C=O) groups excluding carboxylic acids is 2. The highest BCUT2D eigenvalue weighted by atomic mass is 16.3. The lowest BCUT2D eigenvalue weighted by Crippen LogP contribution is -2.52. The van der Waals surface area contributed by atoms with Gasteiger partial charge in [-0.15, -0.1) is 0 Å². The van der Waals surface area contributed by atoms with Crippen LogP contribution in [0.2, 0.25) is 0 Å². The van der Waals surface area contributed by atoms with E-state index in [0.717, 1.165) is 63.5 Å². The average Bonchev–Trinajstić information content (AvgIpc) is 3.83. The number of pyridine rings is 1. The summed E-state index contributed by atoms with van der Waals surface area (Å²) in [5, 5.41) is 36.7. The van der Waals surface area contributed by atoms with E-state index >= 15 is 0 Å². The summed E-state index contributed by atoms with van der Waals surface area (Å²) in [6.07, 6.45) is 14.5. The molecule has 3 fully saturated rings. The Morgan fingerprint density at radius 1 is 0.977 bits per heavy atom. The standard InChI is InChI=1S/C36H59N3O5/c1-26(2)21-32(40)34(42)31(23-27-11-5-3-6-12-27)38-35(43)29(22-28-14-15-28)24-33(41)39(20-16-30-13-7-10-19-37-30)25-36(44)17-8-4-9-18-36/h7,10,13,19,26-29,31-32,34,40,42,44H,3-6,8-9,11-12,14-18,20-25H2,1-2H3,(H,38,43)/t29-,31+,32+,34-/m1/s1. The monoisotopic (exact) mass is 613 g/mol. The molecule has 0 aromatic carbocycles. The third-order valence-electron chi connectivity index (χ3n) is 10.3. The quantitative estimate of drug-likeness (QED) is 0.192. The Labute approximate surface area is 265 Å². The fraction of sp³-hybridized carbons (Fsp3) is 0.806. The summed E-state index contributed by atoms with van der Waals surface area (Å²) in [5.41, 5.74) is 0.00121. The number of aliphatic hydroxyl groups is 3. The second-order valence-electron chi connectivity index (χ2n) is 14.8. The molecule has 8 heteroatoms. The summed E-state index contributed by atoms with van der Waals surface area (Å²) in [6, 6.07) is 5.22. The maximum atomic E-state index is 14.0. The summed E-state index contributed by atoms with van der Waals surface area (Å²) < 4.78 is 0. The topological polar surface area (TPSA) is 123 Å². The Morgan fingerprint density at radius 3 is 2.30 bits per heavy atom. The van der Waals surface area contributed by atoms with Crippen molar-refractivity contribution in [1.82, 2.24) is 15.2 Å². The van der Waals surface area contributed by atoms with Crippen molar-refractivity contribution >= 4 is 11.8 Å². The molecule has 0 bridgehead atoms. The van der Waals surface area contributed by atoms with Gasteiger partial charge in [0.2, 0.25) is 11.8 Å². The van der Waals surface area contributed by atoms with Crippen LogP contribution in [-0.2, 0) is 16.0 Å². The molecular formula is C36H59N3O5. The number of amides is 2. The van der Waals surface area contributed by atoms with Crippen molar-refractivity contribution in [2.75, 3.05) is 13.1 Å². The molecule has 0 aliphatic heterocycles. The normalized spacial score (nSPS) is 21.8. The third-order valence-corrected chi connectivity index (χ3v) is 10.3. The zero-order chi connectivity index (χ0) is 31.5. The maximum absolute atomic E-state index is 14.0. The molecular weight excluding hydrogens is 554 g/mol. The first-order valence-corrected chi connectivity index (χ1v) is 17.7. The molecule has 4 atom stereocenters. The smallest absolute Gasteiger partial charge is 0.223 e. The molecule has 3 aliphatic rings. The van der Waals surface area contributed by atoms with Crippen LogP contribution in [0.25, 0.3) is 0 Å². The van der Waals surface area contributed by atoms with Crippen LogP contribution in [-0.4, -0.2) is 74.0 Å². The van der Waals surface area contributed by atoms with E-state index in [0.29, 0.717) is 56.9 Å². The van der Waals surface area contributed by atoms with Crippen LogP contribution in [0.15, 0.2) is 24.4 Å². The zero-order valence-corrected chi connectivity index (χ0v) is 27.3. The van der Waals surface area contributed by atoms with Gasteiger partial charge in [0.1, 0.15) is 6.10 Å². The highest BCUT2D eigenvalue weighted by Gasteiger charge is 2.38. The van der Waals surface area contributed by atoms with Crippen molar-refractivity contribution in [3.8, 4) is 0 Å². The molecule has 3 saturated carbocycles. The van der Waals surface area contributed by atoms with Gasteiger partial charge in [0, 0.05) is 43.7 Å². The van der Waals surface area contributed by atoms with Gasteiger partial charge in [0.25, 0.3) is 0 Å². The fourth-order valence-corrected chi connectivity index (χ4v) is 7.45. The summed E-state index contributed by atoms with van der Waals surface area (Å²) in [4.78, 5) is 34.2. The van der Waals surface area contributed by atoms with Gasteiger partial charge >= 0.3 is 0 Å². The predicted molar refractivity (Wildman–Crippen MR) is 173 cm³/mol. The van der Waals surface area contributed by atoms with E-state index in [2.05, 4.69) is 10.3 Å². The van der Waals surface area contributed by atoms with Gasteiger partial charge in [-0.05, 0) is 62.0 Å². The van der Waals surface area contributed by atoms with Crippen molar-refractivity contribution in [2.45, 2.75) is 147 Å². The number of carbonyl (C=O) groups is 2. The van der Waals surface area contributed by atoms with Crippen LogP contribution in [0.3, 0.4) is 0 Å². The molecule has 0 radical (unpaired) electrons. The van der Waals surface area contributed by atoms with Crippen molar-refractivity contribution in [1.29, 1.82) is 0 Å². The van der Waals surface area contributed by atoms with Crippen molar-refractivity contribution in [3.05, 3.63) is 30.1 Å². The number of hydrogen-bond donors (Lipinski definition) is 4. The minimum atomic E-state index is -1.05. The molecule has 1 aromatic heterocycles. The van der Waals surface area contributed by atoms with Crippen LogP contribution in [0.1, 0.15) is 122 Å². The number of aromatic nitrogens is 1. The lowest BCUT2D eigenvalue weighted by Gasteiger charge is -2.37. The molecule has 1 aromatic rings. The Morgan fingerprint density at radius 2 is 1.66 bits per heavy atom. The van der Waals surface area contributed by atoms with E-state index in [1.54, 1.807) is 11.1 Å².